The number of aryl methyl sites for hydroxylation is 1. The molecule has 30 heavy (non-hydrogen) atoms. The van der Waals surface area contributed by atoms with Gasteiger partial charge in [-0.25, -0.2) is 8.42 Å². The maximum Gasteiger partial charge on any atom is 0.263 e. The zero-order valence-electron chi connectivity index (χ0n) is 16.5. The molecule has 0 aliphatic rings. The van der Waals surface area contributed by atoms with Gasteiger partial charge in [-0.2, -0.15) is 0 Å². The number of anilines is 2. The summed E-state index contributed by atoms with van der Waals surface area (Å²) in [5, 5.41) is 2.75. The van der Waals surface area contributed by atoms with E-state index >= 15 is 0 Å². The Morgan fingerprint density at radius 1 is 1.03 bits per heavy atom. The van der Waals surface area contributed by atoms with Gasteiger partial charge in [-0.05, 0) is 67.9 Å². The Bertz CT molecular complexity index is 1160. The minimum atomic E-state index is -3.99. The highest BCUT2D eigenvalue weighted by atomic mass is 35.5. The monoisotopic (exact) mass is 444 g/mol. The van der Waals surface area contributed by atoms with Crippen molar-refractivity contribution in [3.63, 3.8) is 0 Å². The molecule has 3 aromatic rings. The van der Waals surface area contributed by atoms with E-state index < -0.39 is 15.9 Å². The number of para-hydroxylation sites is 1. The third kappa shape index (κ3) is 5.11. The molecule has 0 saturated carbocycles. The molecule has 0 atom stereocenters. The van der Waals surface area contributed by atoms with Gasteiger partial charge >= 0.3 is 0 Å². The number of amides is 1. The lowest BCUT2D eigenvalue weighted by atomic mass is 10.2. The Kier molecular flexibility index (Phi) is 6.64. The van der Waals surface area contributed by atoms with Gasteiger partial charge in [-0.15, -0.1) is 0 Å². The van der Waals surface area contributed by atoms with Gasteiger partial charge in [0, 0.05) is 11.3 Å². The maximum atomic E-state index is 12.9. The van der Waals surface area contributed by atoms with E-state index in [1.807, 2.05) is 13.0 Å². The molecule has 0 saturated heterocycles. The first kappa shape index (κ1) is 21.7. The minimum absolute atomic E-state index is 0.0219. The molecule has 3 rings (SSSR count). The predicted octanol–water partition coefficient (Wildman–Crippen LogP) is 5.10. The topological polar surface area (TPSA) is 84.5 Å². The average Bonchev–Trinajstić information content (AvgIpc) is 2.71. The molecular formula is C22H21ClN2O4S. The molecule has 0 aliphatic heterocycles. The molecule has 0 radical (unpaired) electrons. The molecule has 6 nitrogen and oxygen atoms in total. The van der Waals surface area contributed by atoms with Gasteiger partial charge in [-0.3, -0.25) is 9.52 Å². The summed E-state index contributed by atoms with van der Waals surface area (Å²) in [4.78, 5) is 12.5. The average molecular weight is 445 g/mol. The molecule has 0 aromatic heterocycles. The van der Waals surface area contributed by atoms with E-state index in [2.05, 4.69) is 10.0 Å². The molecule has 0 unspecified atom stereocenters. The second-order valence-corrected chi connectivity index (χ2v) is 8.54. The largest absolute Gasteiger partial charge is 0.494 e. The van der Waals surface area contributed by atoms with Crippen molar-refractivity contribution in [1.29, 1.82) is 0 Å². The quantitative estimate of drug-likeness (QED) is 0.531. The van der Waals surface area contributed by atoms with Crippen molar-refractivity contribution in [2.24, 2.45) is 0 Å². The summed E-state index contributed by atoms with van der Waals surface area (Å²) in [6, 6.07) is 18.0. The van der Waals surface area contributed by atoms with Crippen LogP contribution in [0.3, 0.4) is 0 Å². The summed E-state index contributed by atoms with van der Waals surface area (Å²) in [6.07, 6.45) is 0. The molecule has 8 heteroatoms. The first-order chi connectivity index (χ1) is 14.3. The lowest BCUT2D eigenvalue weighted by Crippen LogP contribution is -2.17. The van der Waals surface area contributed by atoms with E-state index in [4.69, 9.17) is 16.3 Å². The van der Waals surface area contributed by atoms with Gasteiger partial charge in [0.2, 0.25) is 0 Å². The van der Waals surface area contributed by atoms with E-state index in [0.29, 0.717) is 23.7 Å². The van der Waals surface area contributed by atoms with Crippen LogP contribution >= 0.6 is 11.6 Å². The Morgan fingerprint density at radius 3 is 2.40 bits per heavy atom. The summed E-state index contributed by atoms with van der Waals surface area (Å²) in [7, 11) is -3.99. The summed E-state index contributed by atoms with van der Waals surface area (Å²) >= 11 is 6.13. The van der Waals surface area contributed by atoms with Crippen LogP contribution in [-0.2, 0) is 10.0 Å². The van der Waals surface area contributed by atoms with Crippen LogP contribution in [-0.4, -0.2) is 20.9 Å². The van der Waals surface area contributed by atoms with Gasteiger partial charge in [0.15, 0.2) is 0 Å². The fourth-order valence-electron chi connectivity index (χ4n) is 2.74. The van der Waals surface area contributed by atoms with Crippen molar-refractivity contribution in [1.82, 2.24) is 0 Å². The molecule has 0 heterocycles. The fraction of sp³-hybridized carbons (Fsp3) is 0.136. The normalized spacial score (nSPS) is 11.0. The summed E-state index contributed by atoms with van der Waals surface area (Å²) < 4.78 is 33.6. The van der Waals surface area contributed by atoms with E-state index in [9.17, 15) is 13.2 Å². The minimum Gasteiger partial charge on any atom is -0.494 e. The molecule has 156 valence electrons. The Morgan fingerprint density at radius 2 is 1.73 bits per heavy atom. The summed E-state index contributed by atoms with van der Waals surface area (Å²) in [6.45, 7) is 4.22. The highest BCUT2D eigenvalue weighted by Gasteiger charge is 2.21. The first-order valence-corrected chi connectivity index (χ1v) is 11.1. The lowest BCUT2D eigenvalue weighted by Gasteiger charge is -2.13. The Hall–Kier alpha value is -3.03. The number of carbonyl (C=O) groups is 1. The second kappa shape index (κ2) is 9.19. The van der Waals surface area contributed by atoms with Crippen LogP contribution in [0.1, 0.15) is 22.8 Å². The molecule has 0 aliphatic carbocycles. The van der Waals surface area contributed by atoms with Crippen LogP contribution in [0.25, 0.3) is 0 Å². The van der Waals surface area contributed by atoms with Crippen molar-refractivity contribution < 1.29 is 17.9 Å². The van der Waals surface area contributed by atoms with Crippen LogP contribution in [0.2, 0.25) is 5.02 Å². The van der Waals surface area contributed by atoms with Crippen LogP contribution in [0, 0.1) is 6.92 Å². The zero-order chi connectivity index (χ0) is 21.7. The number of rotatable bonds is 7. The van der Waals surface area contributed by atoms with Gasteiger partial charge in [0.25, 0.3) is 15.9 Å². The predicted molar refractivity (Wildman–Crippen MR) is 119 cm³/mol. The van der Waals surface area contributed by atoms with Crippen molar-refractivity contribution >= 4 is 38.9 Å². The van der Waals surface area contributed by atoms with Gasteiger partial charge in [-0.1, -0.05) is 29.8 Å². The number of hydrogen-bond donors (Lipinski definition) is 2. The third-order valence-corrected chi connectivity index (χ3v) is 6.14. The van der Waals surface area contributed by atoms with Crippen molar-refractivity contribution in [2.75, 3.05) is 16.6 Å². The molecule has 0 spiro atoms. The smallest absolute Gasteiger partial charge is 0.263 e. The van der Waals surface area contributed by atoms with Crippen LogP contribution in [0.4, 0.5) is 11.4 Å². The molecule has 1 amide bonds. The number of benzene rings is 3. The molecule has 0 fully saturated rings. The number of hydrogen-bond acceptors (Lipinski definition) is 4. The molecule has 3 aromatic carbocycles. The van der Waals surface area contributed by atoms with Crippen molar-refractivity contribution in [3.05, 3.63) is 82.9 Å². The zero-order valence-corrected chi connectivity index (χ0v) is 18.0. The highest BCUT2D eigenvalue weighted by molar-refractivity contribution is 7.92. The van der Waals surface area contributed by atoms with Crippen LogP contribution < -0.4 is 14.8 Å². The van der Waals surface area contributed by atoms with Gasteiger partial charge in [0.1, 0.15) is 10.6 Å². The SMILES string of the molecule is CCOc1ccc(NC(=O)c2ccc(Cl)c(S(=O)(=O)Nc3ccccc3C)c2)cc1. The molecule has 2 N–H and O–H groups in total. The second-order valence-electron chi connectivity index (χ2n) is 6.48. The summed E-state index contributed by atoms with van der Waals surface area (Å²) in [5.41, 5.74) is 1.93. The van der Waals surface area contributed by atoms with Crippen molar-refractivity contribution in [3.8, 4) is 5.75 Å². The lowest BCUT2D eigenvalue weighted by molar-refractivity contribution is 0.102. The standard InChI is InChI=1S/C22H21ClN2O4S/c1-3-29-18-11-9-17(10-12-18)24-22(26)16-8-13-19(23)21(14-16)30(27,28)25-20-7-5-4-6-15(20)2/h4-14,25H,3H2,1-2H3,(H,24,26). The van der Waals surface area contributed by atoms with Crippen LogP contribution in [0.5, 0.6) is 5.75 Å². The van der Waals surface area contributed by atoms with Crippen LogP contribution in [0.15, 0.2) is 71.6 Å². The number of halogens is 1. The number of ether oxygens (including phenoxy) is 1. The number of sulfonamides is 1. The number of nitrogens with one attached hydrogen (secondary N) is 2. The fourth-order valence-corrected chi connectivity index (χ4v) is 4.40. The molecule has 0 bridgehead atoms. The number of carbonyl (C=O) groups excluding carboxylic acids is 1. The summed E-state index contributed by atoms with van der Waals surface area (Å²) in [5.74, 6) is 0.237. The molecular weight excluding hydrogens is 424 g/mol. The third-order valence-electron chi connectivity index (χ3n) is 4.30. The van der Waals surface area contributed by atoms with Gasteiger partial charge in [0.05, 0.1) is 17.3 Å². The van der Waals surface area contributed by atoms with Gasteiger partial charge < -0.3 is 10.1 Å². The van der Waals surface area contributed by atoms with E-state index in [1.54, 1.807) is 49.4 Å². The Balaban J connectivity index is 1.83. The Labute approximate surface area is 180 Å². The van der Waals surface area contributed by atoms with Crippen molar-refractivity contribution in [2.45, 2.75) is 18.7 Å². The van der Waals surface area contributed by atoms with E-state index in [1.165, 1.54) is 18.2 Å². The first-order valence-electron chi connectivity index (χ1n) is 9.22. The van der Waals surface area contributed by atoms with E-state index in [-0.39, 0.29) is 15.5 Å². The highest BCUT2D eigenvalue weighted by Crippen LogP contribution is 2.27. The maximum absolute atomic E-state index is 12.9. The van der Waals surface area contributed by atoms with E-state index in [0.717, 1.165) is 5.56 Å².